The Morgan fingerprint density at radius 2 is 1.82 bits per heavy atom. The summed E-state index contributed by atoms with van der Waals surface area (Å²) in [6, 6.07) is 15.4. The van der Waals surface area contributed by atoms with Gasteiger partial charge in [-0.15, -0.1) is 5.10 Å². The Hall–Kier alpha value is -2.66. The lowest BCUT2D eigenvalue weighted by Crippen LogP contribution is -2.03. The fourth-order valence-corrected chi connectivity index (χ4v) is 2.20. The van der Waals surface area contributed by atoms with Gasteiger partial charge in [0.1, 0.15) is 0 Å². The lowest BCUT2D eigenvalue weighted by atomic mass is 10.2. The van der Waals surface area contributed by atoms with E-state index in [9.17, 15) is 0 Å². The number of aromatic nitrogens is 3. The quantitative estimate of drug-likeness (QED) is 0.751. The Kier molecular flexibility index (Phi) is 4.16. The molecular weight excluding hydrogens is 298 g/mol. The second-order valence-corrected chi connectivity index (χ2v) is 5.18. The summed E-state index contributed by atoms with van der Waals surface area (Å²) in [6.07, 6.45) is 1.58. The van der Waals surface area contributed by atoms with Gasteiger partial charge in [-0.2, -0.15) is 10.1 Å². The van der Waals surface area contributed by atoms with Crippen LogP contribution in [0.5, 0.6) is 0 Å². The first-order chi connectivity index (χ1) is 10.7. The second kappa shape index (κ2) is 6.41. The number of benzene rings is 2. The molecule has 22 heavy (non-hydrogen) atoms. The maximum atomic E-state index is 5.95. The Morgan fingerprint density at radius 3 is 2.59 bits per heavy atom. The van der Waals surface area contributed by atoms with E-state index in [2.05, 4.69) is 25.8 Å². The number of para-hydroxylation sites is 1. The third-order valence-electron chi connectivity index (χ3n) is 3.04. The first-order valence-corrected chi connectivity index (χ1v) is 7.13. The van der Waals surface area contributed by atoms with E-state index in [-0.39, 0.29) is 0 Å². The molecule has 3 rings (SSSR count). The highest BCUT2D eigenvalue weighted by Crippen LogP contribution is 2.22. The van der Waals surface area contributed by atoms with Crippen LogP contribution in [0.25, 0.3) is 0 Å². The predicted molar refractivity (Wildman–Crippen MR) is 89.0 cm³/mol. The topological polar surface area (TPSA) is 62.7 Å². The minimum atomic E-state index is 0.423. The first kappa shape index (κ1) is 14.3. The molecule has 3 aromatic rings. The van der Waals surface area contributed by atoms with Gasteiger partial charge >= 0.3 is 0 Å². The van der Waals surface area contributed by atoms with Crippen LogP contribution in [0.15, 0.2) is 54.7 Å². The number of hydrogen-bond donors (Lipinski definition) is 2. The Labute approximate surface area is 133 Å². The number of nitrogens with one attached hydrogen (secondary N) is 2. The summed E-state index contributed by atoms with van der Waals surface area (Å²) in [6.45, 7) is 1.97. The van der Waals surface area contributed by atoms with Gasteiger partial charge in [0.2, 0.25) is 5.95 Å². The molecule has 0 aliphatic rings. The minimum Gasteiger partial charge on any atom is -0.339 e. The SMILES string of the molecule is Cc1cc(Cl)ccc1Nc1nncc(Nc2ccccc2)n1. The fraction of sp³-hybridized carbons (Fsp3) is 0.0625. The zero-order chi connectivity index (χ0) is 15.4. The predicted octanol–water partition coefficient (Wildman–Crippen LogP) is 4.32. The summed E-state index contributed by atoms with van der Waals surface area (Å²) < 4.78 is 0. The molecule has 0 unspecified atom stereocenters. The largest absolute Gasteiger partial charge is 0.339 e. The molecule has 0 saturated carbocycles. The maximum absolute atomic E-state index is 5.95. The highest BCUT2D eigenvalue weighted by Gasteiger charge is 2.04. The van der Waals surface area contributed by atoms with Crippen molar-refractivity contribution in [1.82, 2.24) is 15.2 Å². The number of nitrogens with zero attached hydrogens (tertiary/aromatic N) is 3. The molecule has 0 saturated heterocycles. The van der Waals surface area contributed by atoms with E-state index in [0.29, 0.717) is 16.8 Å². The summed E-state index contributed by atoms with van der Waals surface area (Å²) in [5.41, 5.74) is 2.84. The van der Waals surface area contributed by atoms with E-state index in [1.165, 1.54) is 0 Å². The van der Waals surface area contributed by atoms with Gasteiger partial charge in [0.15, 0.2) is 5.82 Å². The van der Waals surface area contributed by atoms with Crippen LogP contribution < -0.4 is 10.6 Å². The fourth-order valence-electron chi connectivity index (χ4n) is 1.97. The van der Waals surface area contributed by atoms with Gasteiger partial charge in [0, 0.05) is 16.4 Å². The van der Waals surface area contributed by atoms with Crippen molar-refractivity contribution in [1.29, 1.82) is 0 Å². The van der Waals surface area contributed by atoms with Crippen LogP contribution in [0.3, 0.4) is 0 Å². The van der Waals surface area contributed by atoms with E-state index in [1.807, 2.05) is 55.5 Å². The lowest BCUT2D eigenvalue weighted by molar-refractivity contribution is 0.982. The van der Waals surface area contributed by atoms with Gasteiger partial charge in [0.25, 0.3) is 0 Å². The third kappa shape index (κ3) is 3.51. The van der Waals surface area contributed by atoms with Gasteiger partial charge in [-0.25, -0.2) is 0 Å². The summed E-state index contributed by atoms with van der Waals surface area (Å²) >= 11 is 5.95. The number of hydrogen-bond acceptors (Lipinski definition) is 5. The molecule has 6 heteroatoms. The van der Waals surface area contributed by atoms with Crippen molar-refractivity contribution in [3.8, 4) is 0 Å². The van der Waals surface area contributed by atoms with Gasteiger partial charge in [-0.3, -0.25) is 0 Å². The molecule has 0 radical (unpaired) electrons. The van der Waals surface area contributed by atoms with E-state index < -0.39 is 0 Å². The van der Waals surface area contributed by atoms with Crippen LogP contribution in [0.2, 0.25) is 5.02 Å². The molecule has 1 aromatic heterocycles. The molecule has 0 bridgehead atoms. The van der Waals surface area contributed by atoms with Crippen LogP contribution in [0.4, 0.5) is 23.1 Å². The summed E-state index contributed by atoms with van der Waals surface area (Å²) in [4.78, 5) is 4.40. The zero-order valence-corrected chi connectivity index (χ0v) is 12.7. The molecule has 2 N–H and O–H groups in total. The molecule has 110 valence electrons. The standard InChI is InChI=1S/C16H14ClN5/c1-11-9-12(17)7-8-14(11)20-16-21-15(10-18-22-16)19-13-5-3-2-4-6-13/h2-10H,1H3,(H2,19,20,21,22). The molecular formula is C16H14ClN5. The molecule has 1 heterocycles. The van der Waals surface area contributed by atoms with Crippen LogP contribution in [-0.2, 0) is 0 Å². The highest BCUT2D eigenvalue weighted by atomic mass is 35.5. The summed E-state index contributed by atoms with van der Waals surface area (Å²) in [5.74, 6) is 1.04. The van der Waals surface area contributed by atoms with Gasteiger partial charge < -0.3 is 10.6 Å². The molecule has 2 aromatic carbocycles. The Balaban J connectivity index is 1.79. The minimum absolute atomic E-state index is 0.423. The molecule has 0 spiro atoms. The van der Waals surface area contributed by atoms with Crippen LogP contribution in [-0.4, -0.2) is 15.2 Å². The van der Waals surface area contributed by atoms with E-state index >= 15 is 0 Å². The van der Waals surface area contributed by atoms with Crippen molar-refractivity contribution < 1.29 is 0 Å². The van der Waals surface area contributed by atoms with Crippen LogP contribution in [0.1, 0.15) is 5.56 Å². The van der Waals surface area contributed by atoms with Gasteiger partial charge in [-0.05, 0) is 42.8 Å². The number of rotatable bonds is 4. The zero-order valence-electron chi connectivity index (χ0n) is 11.9. The smallest absolute Gasteiger partial charge is 0.249 e. The number of aryl methyl sites for hydroxylation is 1. The average Bonchev–Trinajstić information content (AvgIpc) is 2.52. The molecule has 0 fully saturated rings. The monoisotopic (exact) mass is 311 g/mol. The average molecular weight is 312 g/mol. The molecule has 5 nitrogen and oxygen atoms in total. The molecule has 0 atom stereocenters. The van der Waals surface area contributed by atoms with E-state index in [4.69, 9.17) is 11.6 Å². The summed E-state index contributed by atoms with van der Waals surface area (Å²) in [5, 5.41) is 15.0. The second-order valence-electron chi connectivity index (χ2n) is 4.74. The Bertz CT molecular complexity index is 776. The van der Waals surface area contributed by atoms with Crippen LogP contribution >= 0.6 is 11.6 Å². The van der Waals surface area contributed by atoms with Crippen molar-refractivity contribution in [2.24, 2.45) is 0 Å². The van der Waals surface area contributed by atoms with Gasteiger partial charge in [0.05, 0.1) is 6.20 Å². The highest BCUT2D eigenvalue weighted by molar-refractivity contribution is 6.30. The van der Waals surface area contributed by atoms with E-state index in [0.717, 1.165) is 16.9 Å². The van der Waals surface area contributed by atoms with Crippen LogP contribution in [0, 0.1) is 6.92 Å². The van der Waals surface area contributed by atoms with Crippen molar-refractivity contribution in [3.63, 3.8) is 0 Å². The maximum Gasteiger partial charge on any atom is 0.249 e. The van der Waals surface area contributed by atoms with Gasteiger partial charge in [-0.1, -0.05) is 29.8 Å². The van der Waals surface area contributed by atoms with Crippen molar-refractivity contribution in [3.05, 3.63) is 65.3 Å². The number of halogens is 1. The molecule has 0 aliphatic carbocycles. The van der Waals surface area contributed by atoms with E-state index in [1.54, 1.807) is 6.20 Å². The van der Waals surface area contributed by atoms with Crippen molar-refractivity contribution >= 4 is 34.7 Å². The first-order valence-electron chi connectivity index (χ1n) is 6.76. The van der Waals surface area contributed by atoms with Crippen molar-refractivity contribution in [2.75, 3.05) is 10.6 Å². The summed E-state index contributed by atoms with van der Waals surface area (Å²) in [7, 11) is 0. The Morgan fingerprint density at radius 1 is 1.00 bits per heavy atom. The number of anilines is 4. The van der Waals surface area contributed by atoms with Crippen molar-refractivity contribution in [2.45, 2.75) is 6.92 Å². The third-order valence-corrected chi connectivity index (χ3v) is 3.28. The molecule has 0 amide bonds. The lowest BCUT2D eigenvalue weighted by Gasteiger charge is -2.09. The normalized spacial score (nSPS) is 10.3. The molecule has 0 aliphatic heterocycles.